The molecule has 3 aromatic heterocycles. The van der Waals surface area contributed by atoms with Crippen molar-refractivity contribution in [1.29, 1.82) is 0 Å². The first-order chi connectivity index (χ1) is 13.7. The molecule has 4 rings (SSSR count). The van der Waals surface area contributed by atoms with Crippen molar-refractivity contribution >= 4 is 22.9 Å². The molecule has 0 unspecified atom stereocenters. The van der Waals surface area contributed by atoms with E-state index >= 15 is 0 Å². The van der Waals surface area contributed by atoms with Gasteiger partial charge in [0.05, 0.1) is 24.4 Å². The molecular weight excluding hydrogens is 364 g/mol. The summed E-state index contributed by atoms with van der Waals surface area (Å²) in [6, 6.07) is 9.94. The number of rotatable bonds is 6. The topological polar surface area (TPSA) is 141 Å². The summed E-state index contributed by atoms with van der Waals surface area (Å²) in [5, 5.41) is 13.7. The van der Waals surface area contributed by atoms with E-state index in [1.165, 1.54) is 0 Å². The quantitative estimate of drug-likeness (QED) is 0.340. The van der Waals surface area contributed by atoms with Crippen molar-refractivity contribution in [3.8, 4) is 17.2 Å². The van der Waals surface area contributed by atoms with Gasteiger partial charge in [-0.3, -0.25) is 10.0 Å². The third-order valence-electron chi connectivity index (χ3n) is 4.06. The first-order valence-corrected chi connectivity index (χ1v) is 8.36. The molecule has 4 aromatic rings. The van der Waals surface area contributed by atoms with Gasteiger partial charge < -0.3 is 14.9 Å². The number of benzene rings is 1. The van der Waals surface area contributed by atoms with Crippen LogP contribution in [-0.4, -0.2) is 37.5 Å². The van der Waals surface area contributed by atoms with Gasteiger partial charge in [0, 0.05) is 5.56 Å². The Hall–Kier alpha value is -3.92. The average Bonchev–Trinajstić information content (AvgIpc) is 3.38. The van der Waals surface area contributed by atoms with Gasteiger partial charge >= 0.3 is 0 Å². The molecule has 0 fully saturated rings. The van der Waals surface area contributed by atoms with Gasteiger partial charge in [-0.1, -0.05) is 0 Å². The van der Waals surface area contributed by atoms with Crippen LogP contribution >= 0.6 is 0 Å². The van der Waals surface area contributed by atoms with Gasteiger partial charge in [-0.05, 0) is 36.4 Å². The average molecular weight is 380 g/mol. The van der Waals surface area contributed by atoms with Crippen LogP contribution in [-0.2, 0) is 6.54 Å². The Kier molecular flexibility index (Phi) is 4.60. The SMILES string of the molecule is Nc1nc(-c2ccco2)c2cnn(CCOc3ccc(C(=O)NO)cc3)c2n1. The lowest BCUT2D eigenvalue weighted by Gasteiger charge is -2.08. The molecule has 0 atom stereocenters. The van der Waals surface area contributed by atoms with Crippen molar-refractivity contribution in [3.63, 3.8) is 0 Å². The normalized spacial score (nSPS) is 10.9. The van der Waals surface area contributed by atoms with Crippen molar-refractivity contribution in [2.75, 3.05) is 12.3 Å². The monoisotopic (exact) mass is 380 g/mol. The van der Waals surface area contributed by atoms with Gasteiger partial charge in [0.25, 0.3) is 5.91 Å². The summed E-state index contributed by atoms with van der Waals surface area (Å²) >= 11 is 0. The van der Waals surface area contributed by atoms with E-state index in [2.05, 4.69) is 15.1 Å². The number of carbonyl (C=O) groups excluding carboxylic acids is 1. The third-order valence-corrected chi connectivity index (χ3v) is 4.06. The van der Waals surface area contributed by atoms with Gasteiger partial charge in [-0.2, -0.15) is 10.1 Å². The highest BCUT2D eigenvalue weighted by Crippen LogP contribution is 2.26. The first-order valence-electron chi connectivity index (χ1n) is 8.36. The van der Waals surface area contributed by atoms with Crippen LogP contribution in [0.1, 0.15) is 10.4 Å². The Balaban J connectivity index is 1.49. The minimum absolute atomic E-state index is 0.124. The Morgan fingerprint density at radius 2 is 2.07 bits per heavy atom. The van der Waals surface area contributed by atoms with Gasteiger partial charge in [-0.25, -0.2) is 15.1 Å². The molecule has 0 radical (unpaired) electrons. The molecule has 142 valence electrons. The van der Waals surface area contributed by atoms with Crippen molar-refractivity contribution < 1.29 is 19.2 Å². The Morgan fingerprint density at radius 3 is 2.79 bits per heavy atom. The van der Waals surface area contributed by atoms with E-state index in [4.69, 9.17) is 20.1 Å². The van der Waals surface area contributed by atoms with Gasteiger partial charge in [0.15, 0.2) is 11.4 Å². The van der Waals surface area contributed by atoms with Crippen molar-refractivity contribution in [2.45, 2.75) is 6.54 Å². The highest BCUT2D eigenvalue weighted by Gasteiger charge is 2.15. The van der Waals surface area contributed by atoms with E-state index in [-0.39, 0.29) is 5.95 Å². The molecule has 0 saturated heterocycles. The number of ether oxygens (including phenoxy) is 1. The number of fused-ring (bicyclic) bond motifs is 1. The van der Waals surface area contributed by atoms with Crippen molar-refractivity contribution in [2.24, 2.45) is 0 Å². The summed E-state index contributed by atoms with van der Waals surface area (Å²) in [5.41, 5.74) is 8.91. The van der Waals surface area contributed by atoms with Gasteiger partial charge in [0.2, 0.25) is 5.95 Å². The molecule has 0 saturated carbocycles. The van der Waals surface area contributed by atoms with E-state index in [0.717, 1.165) is 5.39 Å². The number of hydroxylamine groups is 1. The fourth-order valence-electron chi connectivity index (χ4n) is 2.75. The molecule has 0 aliphatic carbocycles. The number of nitrogen functional groups attached to an aromatic ring is 1. The Labute approximate surface area is 158 Å². The van der Waals surface area contributed by atoms with E-state index in [0.29, 0.717) is 41.6 Å². The van der Waals surface area contributed by atoms with Crippen LogP contribution < -0.4 is 16.0 Å². The molecule has 4 N–H and O–H groups in total. The van der Waals surface area contributed by atoms with Crippen molar-refractivity contribution in [1.82, 2.24) is 25.2 Å². The van der Waals surface area contributed by atoms with E-state index in [1.54, 1.807) is 59.0 Å². The minimum atomic E-state index is -0.584. The number of carbonyl (C=O) groups is 1. The van der Waals surface area contributed by atoms with E-state index in [1.807, 2.05) is 0 Å². The molecule has 1 amide bonds. The number of anilines is 1. The summed E-state index contributed by atoms with van der Waals surface area (Å²) in [6.45, 7) is 0.749. The zero-order chi connectivity index (χ0) is 19.5. The number of hydrogen-bond donors (Lipinski definition) is 3. The molecule has 0 bridgehead atoms. The summed E-state index contributed by atoms with van der Waals surface area (Å²) in [6.07, 6.45) is 3.22. The third kappa shape index (κ3) is 3.35. The molecule has 10 heteroatoms. The molecule has 1 aromatic carbocycles. The largest absolute Gasteiger partial charge is 0.492 e. The molecule has 0 spiro atoms. The number of nitrogens with two attached hydrogens (primary N) is 1. The zero-order valence-electron chi connectivity index (χ0n) is 14.6. The van der Waals surface area contributed by atoms with Crippen LogP contribution in [0, 0.1) is 0 Å². The number of furan rings is 1. The second kappa shape index (κ2) is 7.37. The van der Waals surface area contributed by atoms with Crippen LogP contribution in [0.3, 0.4) is 0 Å². The van der Waals surface area contributed by atoms with Gasteiger partial charge in [-0.15, -0.1) is 0 Å². The highest BCUT2D eigenvalue weighted by molar-refractivity contribution is 5.93. The fourth-order valence-corrected chi connectivity index (χ4v) is 2.75. The zero-order valence-corrected chi connectivity index (χ0v) is 14.6. The van der Waals surface area contributed by atoms with Crippen LogP contribution in [0.4, 0.5) is 5.95 Å². The lowest BCUT2D eigenvalue weighted by Crippen LogP contribution is -2.18. The van der Waals surface area contributed by atoms with Crippen LogP contribution in [0.2, 0.25) is 0 Å². The maximum Gasteiger partial charge on any atom is 0.274 e. The molecule has 0 aliphatic rings. The summed E-state index contributed by atoms with van der Waals surface area (Å²) < 4.78 is 12.8. The number of nitrogens with one attached hydrogen (secondary N) is 1. The van der Waals surface area contributed by atoms with Gasteiger partial charge in [0.1, 0.15) is 18.1 Å². The summed E-state index contributed by atoms with van der Waals surface area (Å²) in [5.74, 6) is 0.705. The molecule has 28 heavy (non-hydrogen) atoms. The van der Waals surface area contributed by atoms with Crippen LogP contribution in [0.25, 0.3) is 22.5 Å². The smallest absolute Gasteiger partial charge is 0.274 e. The number of hydrogen-bond acceptors (Lipinski definition) is 8. The summed E-state index contributed by atoms with van der Waals surface area (Å²) in [7, 11) is 0. The molecule has 3 heterocycles. The fraction of sp³-hybridized carbons (Fsp3) is 0.111. The molecular formula is C18H16N6O4. The van der Waals surface area contributed by atoms with Crippen molar-refractivity contribution in [3.05, 3.63) is 54.4 Å². The minimum Gasteiger partial charge on any atom is -0.492 e. The summed E-state index contributed by atoms with van der Waals surface area (Å²) in [4.78, 5) is 19.8. The number of nitrogens with zero attached hydrogens (tertiary/aromatic N) is 4. The number of aromatic nitrogens is 4. The first kappa shape index (κ1) is 17.5. The predicted molar refractivity (Wildman–Crippen MR) is 98.6 cm³/mol. The second-order valence-electron chi connectivity index (χ2n) is 5.83. The Morgan fingerprint density at radius 1 is 1.25 bits per heavy atom. The van der Waals surface area contributed by atoms with E-state index in [9.17, 15) is 4.79 Å². The maximum absolute atomic E-state index is 11.3. The van der Waals surface area contributed by atoms with Crippen LogP contribution in [0.15, 0.2) is 53.3 Å². The Bertz CT molecular complexity index is 1110. The van der Waals surface area contributed by atoms with E-state index < -0.39 is 5.91 Å². The number of amides is 1. The molecule has 10 nitrogen and oxygen atoms in total. The van der Waals surface area contributed by atoms with Crippen LogP contribution in [0.5, 0.6) is 5.75 Å². The maximum atomic E-state index is 11.3. The highest BCUT2D eigenvalue weighted by atomic mass is 16.5. The standard InChI is InChI=1S/C18H16N6O4/c19-18-21-15(14-2-1-8-28-14)13-10-20-24(16(13)22-18)7-9-27-12-5-3-11(4-6-12)17(25)23-26/h1-6,8,10,26H,7,9H2,(H,23,25)(H2,19,21,22). The molecule has 0 aliphatic heterocycles. The second-order valence-corrected chi connectivity index (χ2v) is 5.83. The lowest BCUT2D eigenvalue weighted by atomic mass is 10.2. The lowest BCUT2D eigenvalue weighted by molar-refractivity contribution is 0.0706. The predicted octanol–water partition coefficient (Wildman–Crippen LogP) is 1.87.